The van der Waals surface area contributed by atoms with Gasteiger partial charge >= 0.3 is 5.97 Å². The Morgan fingerprint density at radius 2 is 1.69 bits per heavy atom. The first kappa shape index (κ1) is 14.2. The standard InChI is InChI=1S/C21H21NO4/c1-21(20(25)26-15-17-10-6-3-7-11-17)12-19(24)22(14-18(21)23)13-16-8-4-2-5-9-16/h2-11H,12-15H2,1H3/i1D3. The minimum Gasteiger partial charge on any atom is -0.460 e. The summed E-state index contributed by atoms with van der Waals surface area (Å²) in [6, 6.07) is 17.8. The van der Waals surface area contributed by atoms with Crippen molar-refractivity contribution >= 4 is 17.7 Å². The molecule has 26 heavy (non-hydrogen) atoms. The average molecular weight is 354 g/mol. The second-order valence-electron chi connectivity index (χ2n) is 6.30. The van der Waals surface area contributed by atoms with Crippen LogP contribution in [0.3, 0.4) is 0 Å². The third-order valence-corrected chi connectivity index (χ3v) is 4.36. The van der Waals surface area contributed by atoms with Gasteiger partial charge in [-0.2, -0.15) is 0 Å². The van der Waals surface area contributed by atoms with Crippen LogP contribution >= 0.6 is 0 Å². The normalized spacial score (nSPS) is 22.3. The first-order chi connectivity index (χ1) is 13.7. The van der Waals surface area contributed by atoms with Crippen molar-refractivity contribution in [3.63, 3.8) is 0 Å². The van der Waals surface area contributed by atoms with Gasteiger partial charge in [0, 0.05) is 17.1 Å². The van der Waals surface area contributed by atoms with Crippen LogP contribution < -0.4 is 0 Å². The van der Waals surface area contributed by atoms with Gasteiger partial charge in [0.05, 0.1) is 6.54 Å². The third-order valence-electron chi connectivity index (χ3n) is 4.36. The molecule has 0 radical (unpaired) electrons. The fourth-order valence-electron chi connectivity index (χ4n) is 2.81. The van der Waals surface area contributed by atoms with Crippen molar-refractivity contribution in [2.24, 2.45) is 5.41 Å². The van der Waals surface area contributed by atoms with Gasteiger partial charge in [0.1, 0.15) is 12.0 Å². The number of rotatable bonds is 5. The molecule has 2 aromatic rings. The quantitative estimate of drug-likeness (QED) is 0.612. The van der Waals surface area contributed by atoms with Gasteiger partial charge in [0.2, 0.25) is 5.91 Å². The molecular weight excluding hydrogens is 330 g/mol. The highest BCUT2D eigenvalue weighted by Crippen LogP contribution is 2.31. The van der Waals surface area contributed by atoms with Crippen molar-refractivity contribution in [3.8, 4) is 0 Å². The highest BCUT2D eigenvalue weighted by Gasteiger charge is 2.49. The Bertz CT molecular complexity index is 899. The summed E-state index contributed by atoms with van der Waals surface area (Å²) in [6.45, 7) is -3.45. The van der Waals surface area contributed by atoms with E-state index in [0.717, 1.165) is 5.56 Å². The van der Waals surface area contributed by atoms with E-state index in [1.54, 1.807) is 54.6 Å². The molecule has 5 heteroatoms. The van der Waals surface area contributed by atoms with Crippen molar-refractivity contribution in [3.05, 3.63) is 71.8 Å². The van der Waals surface area contributed by atoms with E-state index < -0.39 is 42.9 Å². The van der Waals surface area contributed by atoms with E-state index in [-0.39, 0.29) is 13.2 Å². The molecule has 0 saturated carbocycles. The molecule has 1 heterocycles. The van der Waals surface area contributed by atoms with Crippen molar-refractivity contribution in [1.29, 1.82) is 0 Å². The van der Waals surface area contributed by atoms with Crippen LogP contribution in [0.15, 0.2) is 60.7 Å². The lowest BCUT2D eigenvalue weighted by Gasteiger charge is -2.35. The fraction of sp³-hybridized carbons (Fsp3) is 0.286. The number of carbonyl (C=O) groups is 3. The maximum absolute atomic E-state index is 12.9. The predicted octanol–water partition coefficient (Wildman–Crippen LogP) is 2.74. The zero-order chi connectivity index (χ0) is 21.1. The molecule has 1 fully saturated rings. The van der Waals surface area contributed by atoms with Gasteiger partial charge in [-0.25, -0.2) is 0 Å². The second-order valence-corrected chi connectivity index (χ2v) is 6.30. The van der Waals surface area contributed by atoms with Crippen LogP contribution in [0, 0.1) is 5.41 Å². The van der Waals surface area contributed by atoms with Gasteiger partial charge in [-0.15, -0.1) is 0 Å². The summed E-state index contributed by atoms with van der Waals surface area (Å²) in [5.41, 5.74) is -1.02. The number of carbonyl (C=O) groups excluding carboxylic acids is 3. The van der Waals surface area contributed by atoms with Crippen molar-refractivity contribution < 1.29 is 23.2 Å². The van der Waals surface area contributed by atoms with Crippen LogP contribution in [0.4, 0.5) is 0 Å². The first-order valence-electron chi connectivity index (χ1n) is 9.80. The highest BCUT2D eigenvalue weighted by molar-refractivity contribution is 6.10. The lowest BCUT2D eigenvalue weighted by Crippen LogP contribution is -2.53. The van der Waals surface area contributed by atoms with Crippen LogP contribution in [0.1, 0.15) is 28.5 Å². The molecule has 0 aliphatic carbocycles. The number of hydrogen-bond donors (Lipinski definition) is 0. The Kier molecular flexibility index (Phi) is 4.12. The lowest BCUT2D eigenvalue weighted by molar-refractivity contribution is -0.168. The zero-order valence-corrected chi connectivity index (χ0v) is 14.2. The molecule has 0 N–H and O–H groups in total. The monoisotopic (exact) mass is 354 g/mol. The zero-order valence-electron chi connectivity index (χ0n) is 17.2. The number of Topliss-reactive ketones (excluding diaryl/α,β-unsaturated/α-hetero) is 1. The Labute approximate surface area is 156 Å². The topological polar surface area (TPSA) is 63.7 Å². The minimum atomic E-state index is -2.99. The van der Waals surface area contributed by atoms with E-state index in [1.807, 2.05) is 6.07 Å². The van der Waals surface area contributed by atoms with Gasteiger partial charge < -0.3 is 9.64 Å². The second kappa shape index (κ2) is 7.52. The summed E-state index contributed by atoms with van der Waals surface area (Å²) in [6.07, 6.45) is -0.733. The molecule has 3 rings (SSSR count). The number of hydrogen-bond acceptors (Lipinski definition) is 4. The molecule has 2 aromatic carbocycles. The van der Waals surface area contributed by atoms with E-state index >= 15 is 0 Å². The molecule has 1 aliphatic heterocycles. The smallest absolute Gasteiger partial charge is 0.320 e. The summed E-state index contributed by atoms with van der Waals surface area (Å²) < 4.78 is 28.7. The van der Waals surface area contributed by atoms with Crippen LogP contribution in [-0.2, 0) is 32.3 Å². The van der Waals surface area contributed by atoms with Crippen LogP contribution in [0.5, 0.6) is 0 Å². The van der Waals surface area contributed by atoms with Gasteiger partial charge in [-0.1, -0.05) is 60.7 Å². The number of ether oxygens (including phenoxy) is 1. The van der Waals surface area contributed by atoms with Crippen molar-refractivity contribution in [2.75, 3.05) is 6.54 Å². The lowest BCUT2D eigenvalue weighted by atomic mass is 9.78. The number of likely N-dealkylation sites (tertiary alicyclic amines) is 1. The SMILES string of the molecule is [2H]C([2H])([2H])C1(C(=O)OCc2ccccc2)CC(=O)N(Cc2ccccc2)CC1=O. The molecule has 5 nitrogen and oxygen atoms in total. The number of amides is 1. The first-order valence-corrected chi connectivity index (χ1v) is 8.30. The van der Waals surface area contributed by atoms with Gasteiger partial charge in [0.15, 0.2) is 5.78 Å². The van der Waals surface area contributed by atoms with Gasteiger partial charge in [-0.3, -0.25) is 14.4 Å². The summed E-state index contributed by atoms with van der Waals surface area (Å²) in [4.78, 5) is 39.7. The van der Waals surface area contributed by atoms with Gasteiger partial charge in [-0.05, 0) is 18.0 Å². The molecule has 0 bridgehead atoms. The summed E-state index contributed by atoms with van der Waals surface area (Å²) in [5, 5.41) is 0. The Hall–Kier alpha value is -2.95. The minimum absolute atomic E-state index is 0.168. The number of piperidine rings is 1. The molecule has 0 aromatic heterocycles. The Morgan fingerprint density at radius 1 is 1.08 bits per heavy atom. The Morgan fingerprint density at radius 3 is 2.31 bits per heavy atom. The molecule has 1 aliphatic rings. The average Bonchev–Trinajstić information content (AvgIpc) is 2.69. The summed E-state index contributed by atoms with van der Waals surface area (Å²) in [5.74, 6) is -2.58. The molecule has 0 spiro atoms. The third kappa shape index (κ3) is 3.82. The molecular formula is C21H21NO4. The van der Waals surface area contributed by atoms with E-state index in [9.17, 15) is 14.4 Å². The molecule has 1 amide bonds. The number of ketones is 1. The van der Waals surface area contributed by atoms with E-state index in [4.69, 9.17) is 8.85 Å². The van der Waals surface area contributed by atoms with Crippen molar-refractivity contribution in [2.45, 2.75) is 26.4 Å². The fourth-order valence-corrected chi connectivity index (χ4v) is 2.81. The summed E-state index contributed by atoms with van der Waals surface area (Å²) >= 11 is 0. The Balaban J connectivity index is 1.80. The number of esters is 1. The maximum Gasteiger partial charge on any atom is 0.320 e. The van der Waals surface area contributed by atoms with Crippen molar-refractivity contribution in [1.82, 2.24) is 4.90 Å². The number of benzene rings is 2. The molecule has 1 atom stereocenters. The molecule has 1 saturated heterocycles. The molecule has 134 valence electrons. The predicted molar refractivity (Wildman–Crippen MR) is 95.8 cm³/mol. The maximum atomic E-state index is 12.9. The van der Waals surface area contributed by atoms with Crippen LogP contribution in [0.2, 0.25) is 0 Å². The number of nitrogens with zero attached hydrogens (tertiary/aromatic N) is 1. The van der Waals surface area contributed by atoms with Crippen LogP contribution in [0.25, 0.3) is 0 Å². The summed E-state index contributed by atoms with van der Waals surface area (Å²) in [7, 11) is 0. The van der Waals surface area contributed by atoms with E-state index in [2.05, 4.69) is 0 Å². The molecule has 1 unspecified atom stereocenters. The van der Waals surface area contributed by atoms with E-state index in [1.165, 1.54) is 4.90 Å². The highest BCUT2D eigenvalue weighted by atomic mass is 16.5. The van der Waals surface area contributed by atoms with Crippen LogP contribution in [-0.4, -0.2) is 29.1 Å². The van der Waals surface area contributed by atoms with E-state index in [0.29, 0.717) is 5.56 Å². The largest absolute Gasteiger partial charge is 0.460 e. The van der Waals surface area contributed by atoms with Gasteiger partial charge in [0.25, 0.3) is 0 Å².